The lowest BCUT2D eigenvalue weighted by molar-refractivity contribution is 0.145. The number of fused-ring (bicyclic) bond motifs is 1. The second-order valence-electron chi connectivity index (χ2n) is 7.52. The van der Waals surface area contributed by atoms with Crippen molar-refractivity contribution < 1.29 is 4.74 Å². The van der Waals surface area contributed by atoms with Gasteiger partial charge in [-0.3, -0.25) is 4.79 Å². The Balaban J connectivity index is 1.80. The number of pyridine rings is 1. The van der Waals surface area contributed by atoms with E-state index in [-0.39, 0.29) is 5.56 Å². The van der Waals surface area contributed by atoms with Gasteiger partial charge in [0.05, 0.1) is 6.54 Å². The van der Waals surface area contributed by atoms with Gasteiger partial charge in [-0.2, -0.15) is 0 Å². The Morgan fingerprint density at radius 1 is 1.06 bits per heavy atom. The molecule has 6 heteroatoms. The molecule has 164 valence electrons. The second kappa shape index (κ2) is 11.6. The first-order valence-electron chi connectivity index (χ1n) is 10.9. The van der Waals surface area contributed by atoms with Gasteiger partial charge >= 0.3 is 0 Å². The molecule has 0 amide bonds. The minimum atomic E-state index is -0.0750. The molecule has 0 bridgehead atoms. The lowest BCUT2D eigenvalue weighted by Crippen LogP contribution is -2.40. The van der Waals surface area contributed by atoms with E-state index in [2.05, 4.69) is 41.5 Å². The van der Waals surface area contributed by atoms with Crippen LogP contribution in [-0.2, 0) is 24.2 Å². The van der Waals surface area contributed by atoms with E-state index in [0.29, 0.717) is 30.4 Å². The Kier molecular flexibility index (Phi) is 8.62. The van der Waals surface area contributed by atoms with Gasteiger partial charge < -0.3 is 19.9 Å². The number of thiocarbonyl (C=S) groups is 1. The molecule has 0 unspecified atom stereocenters. The number of aromatic amines is 1. The quantitative estimate of drug-likeness (QED) is 0.364. The first kappa shape index (κ1) is 23.0. The molecule has 2 aromatic carbocycles. The van der Waals surface area contributed by atoms with Crippen molar-refractivity contribution in [2.75, 3.05) is 19.8 Å². The van der Waals surface area contributed by atoms with Gasteiger partial charge in [0.25, 0.3) is 5.56 Å². The van der Waals surface area contributed by atoms with Crippen molar-refractivity contribution in [2.24, 2.45) is 0 Å². The molecular weight excluding hydrogens is 406 g/mol. The van der Waals surface area contributed by atoms with Crippen molar-refractivity contribution in [3.8, 4) is 0 Å². The number of benzene rings is 2. The maximum Gasteiger partial charge on any atom is 0.253 e. The van der Waals surface area contributed by atoms with Crippen LogP contribution in [0.1, 0.15) is 37.0 Å². The molecule has 0 spiro atoms. The van der Waals surface area contributed by atoms with Crippen LogP contribution < -0.4 is 10.9 Å². The van der Waals surface area contributed by atoms with E-state index in [1.807, 2.05) is 42.2 Å². The van der Waals surface area contributed by atoms with Crippen LogP contribution in [0.4, 0.5) is 0 Å². The van der Waals surface area contributed by atoms with Crippen LogP contribution in [-0.4, -0.2) is 34.8 Å². The van der Waals surface area contributed by atoms with Crippen molar-refractivity contribution in [3.05, 3.63) is 81.6 Å². The summed E-state index contributed by atoms with van der Waals surface area (Å²) in [5, 5.41) is 5.01. The lowest BCUT2D eigenvalue weighted by atomic mass is 10.1. The third-order valence-electron chi connectivity index (χ3n) is 5.20. The molecule has 0 aliphatic carbocycles. The fourth-order valence-corrected chi connectivity index (χ4v) is 3.70. The van der Waals surface area contributed by atoms with Gasteiger partial charge in [-0.15, -0.1) is 0 Å². The first-order chi connectivity index (χ1) is 15.1. The van der Waals surface area contributed by atoms with Crippen molar-refractivity contribution >= 4 is 28.2 Å². The first-order valence-corrected chi connectivity index (χ1v) is 11.3. The van der Waals surface area contributed by atoms with Crippen LogP contribution in [0, 0.1) is 0 Å². The number of nitrogens with zero attached hydrogens (tertiary/aromatic N) is 1. The highest BCUT2D eigenvalue weighted by Gasteiger charge is 2.14. The monoisotopic (exact) mass is 437 g/mol. The maximum atomic E-state index is 12.8. The molecule has 0 fully saturated rings. The van der Waals surface area contributed by atoms with Crippen molar-refractivity contribution in [1.29, 1.82) is 0 Å². The number of aromatic nitrogens is 1. The van der Waals surface area contributed by atoms with Crippen LogP contribution in [0.25, 0.3) is 10.9 Å². The minimum absolute atomic E-state index is 0.0750. The smallest absolute Gasteiger partial charge is 0.253 e. The number of rotatable bonds is 10. The van der Waals surface area contributed by atoms with Gasteiger partial charge in [-0.25, -0.2) is 0 Å². The molecular formula is C25H31N3O2S. The van der Waals surface area contributed by atoms with Crippen LogP contribution in [0.5, 0.6) is 0 Å². The number of aryl methyl sites for hydroxylation is 1. The Morgan fingerprint density at radius 3 is 2.61 bits per heavy atom. The molecule has 0 saturated heterocycles. The normalized spacial score (nSPS) is 10.9. The minimum Gasteiger partial charge on any atom is -0.382 e. The molecule has 3 aromatic rings. The predicted molar refractivity (Wildman–Crippen MR) is 131 cm³/mol. The molecule has 2 N–H and O–H groups in total. The van der Waals surface area contributed by atoms with Gasteiger partial charge in [-0.1, -0.05) is 43.3 Å². The van der Waals surface area contributed by atoms with Crippen LogP contribution in [0.3, 0.4) is 0 Å². The van der Waals surface area contributed by atoms with Crippen LogP contribution in [0.15, 0.2) is 59.4 Å². The Bertz CT molecular complexity index is 1050. The third kappa shape index (κ3) is 6.64. The molecule has 0 saturated carbocycles. The van der Waals surface area contributed by atoms with Crippen molar-refractivity contribution in [2.45, 2.75) is 39.8 Å². The van der Waals surface area contributed by atoms with Crippen molar-refractivity contribution in [3.63, 3.8) is 0 Å². The zero-order valence-corrected chi connectivity index (χ0v) is 19.1. The second-order valence-corrected chi connectivity index (χ2v) is 7.91. The summed E-state index contributed by atoms with van der Waals surface area (Å²) in [4.78, 5) is 17.8. The zero-order chi connectivity index (χ0) is 22.1. The Hall–Kier alpha value is -2.70. The fraction of sp³-hybridized carbons (Fsp3) is 0.360. The molecule has 0 atom stereocenters. The van der Waals surface area contributed by atoms with Gasteiger partial charge in [-0.05, 0) is 66.7 Å². The number of H-pyrrole nitrogens is 1. The fourth-order valence-electron chi connectivity index (χ4n) is 3.47. The Labute approximate surface area is 189 Å². The summed E-state index contributed by atoms with van der Waals surface area (Å²) in [7, 11) is 0. The zero-order valence-electron chi connectivity index (χ0n) is 18.3. The van der Waals surface area contributed by atoms with Gasteiger partial charge in [0.2, 0.25) is 0 Å². The molecule has 3 rings (SSSR count). The SMILES string of the molecule is CCOCCCNC(=S)N(Cc1ccccc1)Cc1cc2cc(CC)ccc2[nH]c1=O. The Morgan fingerprint density at radius 2 is 1.87 bits per heavy atom. The summed E-state index contributed by atoms with van der Waals surface area (Å²) in [6, 6.07) is 18.3. The van der Waals surface area contributed by atoms with Gasteiger partial charge in [0.1, 0.15) is 0 Å². The number of hydrogen-bond acceptors (Lipinski definition) is 3. The van der Waals surface area contributed by atoms with E-state index in [4.69, 9.17) is 17.0 Å². The summed E-state index contributed by atoms with van der Waals surface area (Å²) < 4.78 is 5.40. The highest BCUT2D eigenvalue weighted by Crippen LogP contribution is 2.16. The van der Waals surface area contributed by atoms with E-state index in [9.17, 15) is 4.79 Å². The molecule has 0 aliphatic heterocycles. The third-order valence-corrected chi connectivity index (χ3v) is 5.61. The van der Waals surface area contributed by atoms with E-state index in [1.54, 1.807) is 0 Å². The summed E-state index contributed by atoms with van der Waals surface area (Å²) in [5.74, 6) is 0. The summed E-state index contributed by atoms with van der Waals surface area (Å²) in [5.41, 5.74) is 3.88. The average Bonchev–Trinajstić information content (AvgIpc) is 2.79. The summed E-state index contributed by atoms with van der Waals surface area (Å²) in [6.45, 7) is 7.34. The predicted octanol–water partition coefficient (Wildman–Crippen LogP) is 4.39. The molecule has 1 heterocycles. The van der Waals surface area contributed by atoms with Gasteiger partial charge in [0, 0.05) is 37.4 Å². The average molecular weight is 438 g/mol. The van der Waals surface area contributed by atoms with Crippen LogP contribution in [0.2, 0.25) is 0 Å². The standard InChI is InChI=1S/C25H31N3O2S/c1-3-19-11-12-23-21(15-19)16-22(24(29)27-23)18-28(17-20-9-6-5-7-10-20)25(31)26-13-8-14-30-4-2/h5-7,9-12,15-16H,3-4,8,13-14,17-18H2,1-2H3,(H,26,31)(H,27,29). The molecule has 1 aromatic heterocycles. The highest BCUT2D eigenvalue weighted by atomic mass is 32.1. The lowest BCUT2D eigenvalue weighted by Gasteiger charge is -2.26. The largest absolute Gasteiger partial charge is 0.382 e. The van der Waals surface area contributed by atoms with Crippen LogP contribution >= 0.6 is 12.2 Å². The summed E-state index contributed by atoms with van der Waals surface area (Å²) >= 11 is 5.69. The van der Waals surface area contributed by atoms with Gasteiger partial charge in [0.15, 0.2) is 5.11 Å². The number of hydrogen-bond donors (Lipinski definition) is 2. The molecule has 5 nitrogen and oxygen atoms in total. The molecule has 0 radical (unpaired) electrons. The maximum absolute atomic E-state index is 12.8. The van der Waals surface area contributed by atoms with E-state index in [1.165, 1.54) is 5.56 Å². The summed E-state index contributed by atoms with van der Waals surface area (Å²) in [6.07, 6.45) is 1.84. The highest BCUT2D eigenvalue weighted by molar-refractivity contribution is 7.80. The molecule has 0 aliphatic rings. The van der Waals surface area contributed by atoms with E-state index >= 15 is 0 Å². The number of ether oxygens (including phenoxy) is 1. The van der Waals surface area contributed by atoms with E-state index in [0.717, 1.165) is 42.5 Å². The van der Waals surface area contributed by atoms with E-state index < -0.39 is 0 Å². The number of nitrogens with one attached hydrogen (secondary N) is 2. The topological polar surface area (TPSA) is 57.4 Å². The van der Waals surface area contributed by atoms with Crippen molar-refractivity contribution in [1.82, 2.24) is 15.2 Å². The molecule has 31 heavy (non-hydrogen) atoms.